The molecule has 3 rings (SSSR count). The monoisotopic (exact) mass is 359 g/mol. The van der Waals surface area contributed by atoms with Gasteiger partial charge in [-0.05, 0) is 25.0 Å². The van der Waals surface area contributed by atoms with Crippen molar-refractivity contribution < 1.29 is 23.5 Å². The summed E-state index contributed by atoms with van der Waals surface area (Å²) in [5.41, 5.74) is -0.805. The number of carbonyl (C=O) groups is 2. The van der Waals surface area contributed by atoms with Crippen LogP contribution < -0.4 is 10.4 Å². The number of hydrogen-bond acceptors (Lipinski definition) is 6. The first kappa shape index (κ1) is 18.0. The van der Waals surface area contributed by atoms with Crippen molar-refractivity contribution in [3.8, 4) is 5.75 Å². The number of likely N-dealkylation sites (tertiary alicyclic amines) is 1. The summed E-state index contributed by atoms with van der Waals surface area (Å²) in [5, 5.41) is 0.537. The van der Waals surface area contributed by atoms with Crippen LogP contribution in [-0.4, -0.2) is 43.6 Å². The van der Waals surface area contributed by atoms with Crippen molar-refractivity contribution in [2.24, 2.45) is 0 Å². The molecule has 7 heteroatoms. The van der Waals surface area contributed by atoms with E-state index in [4.69, 9.17) is 13.9 Å². The van der Waals surface area contributed by atoms with Gasteiger partial charge in [0.05, 0.1) is 7.11 Å². The number of methoxy groups -OCH3 is 1. The molecule has 0 atom stereocenters. The maximum absolute atomic E-state index is 12.2. The van der Waals surface area contributed by atoms with Crippen molar-refractivity contribution in [2.45, 2.75) is 25.7 Å². The molecule has 0 bridgehead atoms. The van der Waals surface area contributed by atoms with E-state index in [1.807, 2.05) is 0 Å². The molecule has 1 aromatic carbocycles. The van der Waals surface area contributed by atoms with Crippen LogP contribution in [0.4, 0.5) is 0 Å². The molecule has 2 aromatic rings. The van der Waals surface area contributed by atoms with Crippen molar-refractivity contribution in [1.82, 2.24) is 4.90 Å². The lowest BCUT2D eigenvalue weighted by molar-refractivity contribution is -0.134. The van der Waals surface area contributed by atoms with Gasteiger partial charge < -0.3 is 18.8 Å². The number of hydrogen-bond donors (Lipinski definition) is 0. The van der Waals surface area contributed by atoms with Gasteiger partial charge in [-0.3, -0.25) is 4.79 Å². The van der Waals surface area contributed by atoms with Crippen LogP contribution in [0.2, 0.25) is 0 Å². The fraction of sp³-hybridized carbons (Fsp3) is 0.421. The number of esters is 1. The summed E-state index contributed by atoms with van der Waals surface area (Å²) in [4.78, 5) is 38.3. The van der Waals surface area contributed by atoms with E-state index < -0.39 is 11.6 Å². The molecule has 0 radical (unpaired) electrons. The molecule has 0 unspecified atom stereocenters. The average molecular weight is 359 g/mol. The highest BCUT2D eigenvalue weighted by atomic mass is 16.5. The van der Waals surface area contributed by atoms with Crippen molar-refractivity contribution in [3.63, 3.8) is 0 Å². The number of nitrogens with zero attached hydrogens (tertiary/aromatic N) is 1. The number of ether oxygens (including phenoxy) is 2. The van der Waals surface area contributed by atoms with Crippen LogP contribution in [0.15, 0.2) is 33.5 Å². The smallest absolute Gasteiger partial charge is 0.351 e. The molecule has 0 aliphatic carbocycles. The fourth-order valence-electron chi connectivity index (χ4n) is 3.04. The summed E-state index contributed by atoms with van der Waals surface area (Å²) in [6.45, 7) is 0.969. The SMILES string of the molecule is COc1cccc2cc(C(=O)OCC(=O)N3CCCCCC3)c(=O)oc12. The molecule has 26 heavy (non-hydrogen) atoms. The molecule has 1 aliphatic rings. The number of amides is 1. The van der Waals surface area contributed by atoms with Gasteiger partial charge in [0.25, 0.3) is 5.91 Å². The second kappa shape index (κ2) is 8.03. The van der Waals surface area contributed by atoms with Crippen LogP contribution >= 0.6 is 0 Å². The highest BCUT2D eigenvalue weighted by Gasteiger charge is 2.20. The lowest BCUT2D eigenvalue weighted by Gasteiger charge is -2.19. The van der Waals surface area contributed by atoms with E-state index >= 15 is 0 Å². The standard InChI is InChI=1S/C19H21NO6/c1-24-15-8-6-7-13-11-14(19(23)26-17(13)15)18(22)25-12-16(21)20-9-4-2-3-5-10-20/h6-8,11H,2-5,9-10,12H2,1H3. The zero-order chi connectivity index (χ0) is 18.5. The highest BCUT2D eigenvalue weighted by Crippen LogP contribution is 2.24. The Balaban J connectivity index is 1.72. The van der Waals surface area contributed by atoms with E-state index in [1.165, 1.54) is 13.2 Å². The number of carbonyl (C=O) groups excluding carboxylic acids is 2. The molecule has 1 fully saturated rings. The minimum absolute atomic E-state index is 0.241. The Morgan fingerprint density at radius 2 is 1.88 bits per heavy atom. The molecule has 138 valence electrons. The first-order valence-electron chi connectivity index (χ1n) is 8.66. The van der Waals surface area contributed by atoms with E-state index in [2.05, 4.69) is 0 Å². The number of fused-ring (bicyclic) bond motifs is 1. The van der Waals surface area contributed by atoms with Gasteiger partial charge in [0.1, 0.15) is 5.56 Å². The normalized spacial score (nSPS) is 14.7. The summed E-state index contributed by atoms with van der Waals surface area (Å²) >= 11 is 0. The molecule has 1 aliphatic heterocycles. The Morgan fingerprint density at radius 3 is 2.58 bits per heavy atom. The second-order valence-electron chi connectivity index (χ2n) is 6.20. The van der Waals surface area contributed by atoms with Crippen LogP contribution in [0.1, 0.15) is 36.0 Å². The maximum atomic E-state index is 12.2. The summed E-state index contributed by atoms with van der Waals surface area (Å²) < 4.78 is 15.4. The number of benzene rings is 1. The van der Waals surface area contributed by atoms with Crippen LogP contribution in [0.3, 0.4) is 0 Å². The predicted molar refractivity (Wildman–Crippen MR) is 94.4 cm³/mol. The summed E-state index contributed by atoms with van der Waals surface area (Å²) in [6, 6.07) is 6.46. The Bertz CT molecular complexity index is 864. The van der Waals surface area contributed by atoms with Gasteiger partial charge in [-0.2, -0.15) is 0 Å². The minimum atomic E-state index is -0.869. The van der Waals surface area contributed by atoms with Gasteiger partial charge in [-0.25, -0.2) is 9.59 Å². The van der Waals surface area contributed by atoms with Crippen LogP contribution in [0.25, 0.3) is 11.0 Å². The third-order valence-electron chi connectivity index (χ3n) is 4.45. The zero-order valence-electron chi connectivity index (χ0n) is 14.7. The van der Waals surface area contributed by atoms with Crippen molar-refractivity contribution in [2.75, 3.05) is 26.8 Å². The van der Waals surface area contributed by atoms with E-state index in [1.54, 1.807) is 23.1 Å². The highest BCUT2D eigenvalue weighted by molar-refractivity contribution is 5.95. The van der Waals surface area contributed by atoms with Gasteiger partial charge in [0.15, 0.2) is 17.9 Å². The molecule has 2 heterocycles. The quantitative estimate of drug-likeness (QED) is 0.615. The Labute approximate surface area is 150 Å². The summed E-state index contributed by atoms with van der Waals surface area (Å²) in [7, 11) is 1.46. The van der Waals surface area contributed by atoms with Gasteiger partial charge in [0, 0.05) is 18.5 Å². The molecule has 7 nitrogen and oxygen atoms in total. The average Bonchev–Trinajstić information content (AvgIpc) is 2.94. The molecule has 0 N–H and O–H groups in total. The van der Waals surface area contributed by atoms with Gasteiger partial charge in [-0.15, -0.1) is 0 Å². The zero-order valence-corrected chi connectivity index (χ0v) is 14.7. The lowest BCUT2D eigenvalue weighted by Crippen LogP contribution is -2.35. The minimum Gasteiger partial charge on any atom is -0.493 e. The van der Waals surface area contributed by atoms with E-state index in [9.17, 15) is 14.4 Å². The summed E-state index contributed by atoms with van der Waals surface area (Å²) in [5.74, 6) is -0.713. The third-order valence-corrected chi connectivity index (χ3v) is 4.45. The molecule has 1 saturated heterocycles. The molecule has 1 aromatic heterocycles. The first-order valence-corrected chi connectivity index (χ1v) is 8.66. The van der Waals surface area contributed by atoms with Crippen LogP contribution in [0, 0.1) is 0 Å². The molecular formula is C19H21NO6. The Kier molecular flexibility index (Phi) is 5.55. The van der Waals surface area contributed by atoms with Gasteiger partial charge >= 0.3 is 11.6 Å². The fourth-order valence-corrected chi connectivity index (χ4v) is 3.04. The number of rotatable bonds is 4. The second-order valence-corrected chi connectivity index (χ2v) is 6.20. The molecular weight excluding hydrogens is 338 g/mol. The van der Waals surface area contributed by atoms with E-state index in [0.717, 1.165) is 25.7 Å². The van der Waals surface area contributed by atoms with Crippen molar-refractivity contribution in [3.05, 3.63) is 40.2 Å². The Morgan fingerprint density at radius 1 is 1.15 bits per heavy atom. The van der Waals surface area contributed by atoms with Gasteiger partial charge in [0.2, 0.25) is 0 Å². The van der Waals surface area contributed by atoms with Crippen LogP contribution in [0.5, 0.6) is 5.75 Å². The predicted octanol–water partition coefficient (Wildman–Crippen LogP) is 2.36. The molecule has 0 spiro atoms. The lowest BCUT2D eigenvalue weighted by atomic mass is 10.2. The molecule has 1 amide bonds. The molecule has 0 saturated carbocycles. The third kappa shape index (κ3) is 3.87. The topological polar surface area (TPSA) is 86.0 Å². The Hall–Kier alpha value is -2.83. The maximum Gasteiger partial charge on any atom is 0.351 e. The first-order chi connectivity index (χ1) is 12.6. The van der Waals surface area contributed by atoms with Crippen molar-refractivity contribution in [1.29, 1.82) is 0 Å². The van der Waals surface area contributed by atoms with E-state index in [-0.39, 0.29) is 23.7 Å². The number of para-hydroxylation sites is 1. The van der Waals surface area contributed by atoms with Crippen molar-refractivity contribution >= 4 is 22.8 Å². The van der Waals surface area contributed by atoms with Crippen LogP contribution in [-0.2, 0) is 9.53 Å². The largest absolute Gasteiger partial charge is 0.493 e. The van der Waals surface area contributed by atoms with Gasteiger partial charge in [-0.1, -0.05) is 25.0 Å². The van der Waals surface area contributed by atoms with E-state index in [0.29, 0.717) is 24.2 Å². The summed E-state index contributed by atoms with van der Waals surface area (Å²) in [6.07, 6.45) is 4.11.